The van der Waals surface area contributed by atoms with E-state index in [0.717, 1.165) is 16.0 Å². The van der Waals surface area contributed by atoms with E-state index in [4.69, 9.17) is 9.47 Å². The Labute approximate surface area is 172 Å². The van der Waals surface area contributed by atoms with Crippen molar-refractivity contribution < 1.29 is 9.47 Å². The van der Waals surface area contributed by atoms with Gasteiger partial charge in [0, 0.05) is 35.8 Å². The largest absolute Gasteiger partial charge is 0.378 e. The summed E-state index contributed by atoms with van der Waals surface area (Å²) in [6.07, 6.45) is 0. The first-order chi connectivity index (χ1) is 14.2. The third-order valence-electron chi connectivity index (χ3n) is 4.45. The molecular formula is C22H21N3O3S. The van der Waals surface area contributed by atoms with Crippen LogP contribution in [-0.4, -0.2) is 28.8 Å². The number of aromatic nitrogens is 3. The summed E-state index contributed by atoms with van der Waals surface area (Å²) in [5.74, 6) is 0. The lowest BCUT2D eigenvalue weighted by molar-refractivity contribution is 0.181. The molecule has 148 valence electrons. The van der Waals surface area contributed by atoms with Crippen LogP contribution in [0.1, 0.15) is 11.4 Å². The molecular weight excluding hydrogens is 386 g/mol. The van der Waals surface area contributed by atoms with Crippen molar-refractivity contribution >= 4 is 17.4 Å². The third kappa shape index (κ3) is 4.12. The summed E-state index contributed by atoms with van der Waals surface area (Å²) in [5, 5.41) is 4.47. The smallest absolute Gasteiger partial charge is 0.274 e. The van der Waals surface area contributed by atoms with E-state index in [9.17, 15) is 4.79 Å². The maximum atomic E-state index is 12.5. The van der Waals surface area contributed by atoms with Gasteiger partial charge in [0.25, 0.3) is 5.56 Å². The van der Waals surface area contributed by atoms with Gasteiger partial charge < -0.3 is 14.5 Å². The van der Waals surface area contributed by atoms with Crippen LogP contribution < -0.4 is 5.56 Å². The Morgan fingerprint density at radius 2 is 1.66 bits per heavy atom. The molecule has 4 aromatic rings. The van der Waals surface area contributed by atoms with Gasteiger partial charge in [-0.3, -0.25) is 4.79 Å². The quantitative estimate of drug-likeness (QED) is 0.499. The van der Waals surface area contributed by atoms with Crippen molar-refractivity contribution in [3.05, 3.63) is 82.4 Å². The lowest BCUT2D eigenvalue weighted by Crippen LogP contribution is -2.16. The Morgan fingerprint density at radius 3 is 2.34 bits per heavy atom. The van der Waals surface area contributed by atoms with E-state index in [1.54, 1.807) is 26.0 Å². The summed E-state index contributed by atoms with van der Waals surface area (Å²) in [7, 11) is 3.21. The molecule has 0 atom stereocenters. The zero-order valence-corrected chi connectivity index (χ0v) is 17.0. The normalized spacial score (nSPS) is 11.2. The summed E-state index contributed by atoms with van der Waals surface area (Å²) in [6, 6.07) is 20.0. The second kappa shape index (κ2) is 8.65. The van der Waals surface area contributed by atoms with E-state index < -0.39 is 0 Å². The molecule has 0 bridgehead atoms. The highest BCUT2D eigenvalue weighted by atomic mass is 32.2. The third-order valence-corrected chi connectivity index (χ3v) is 5.46. The molecule has 0 radical (unpaired) electrons. The van der Waals surface area contributed by atoms with E-state index in [1.807, 2.05) is 30.3 Å². The highest BCUT2D eigenvalue weighted by molar-refractivity contribution is 7.99. The van der Waals surface area contributed by atoms with Crippen molar-refractivity contribution in [2.75, 3.05) is 14.2 Å². The minimum absolute atomic E-state index is 0.203. The van der Waals surface area contributed by atoms with Crippen LogP contribution >= 0.6 is 11.8 Å². The van der Waals surface area contributed by atoms with E-state index >= 15 is 0 Å². The summed E-state index contributed by atoms with van der Waals surface area (Å²) in [5.41, 5.74) is 3.67. The molecule has 2 aromatic heterocycles. The van der Waals surface area contributed by atoms with Gasteiger partial charge in [-0.1, -0.05) is 42.1 Å². The van der Waals surface area contributed by atoms with Gasteiger partial charge in [0.05, 0.1) is 24.5 Å². The van der Waals surface area contributed by atoms with E-state index in [0.29, 0.717) is 30.2 Å². The number of benzene rings is 2. The molecule has 0 spiro atoms. The van der Waals surface area contributed by atoms with Crippen LogP contribution in [0, 0.1) is 0 Å². The number of hydrogen-bond acceptors (Lipinski definition) is 5. The highest BCUT2D eigenvalue weighted by Gasteiger charge is 2.17. The van der Waals surface area contributed by atoms with Crippen LogP contribution in [0.4, 0.5) is 0 Å². The predicted octanol–water partition coefficient (Wildman–Crippen LogP) is 4.13. The van der Waals surface area contributed by atoms with Crippen molar-refractivity contribution in [1.82, 2.24) is 14.6 Å². The molecule has 0 saturated carbocycles. The fourth-order valence-electron chi connectivity index (χ4n) is 3.23. The maximum absolute atomic E-state index is 12.5. The molecule has 7 heteroatoms. The molecule has 0 amide bonds. The van der Waals surface area contributed by atoms with Gasteiger partial charge in [0.1, 0.15) is 5.65 Å². The fourth-order valence-corrected chi connectivity index (χ4v) is 4.06. The summed E-state index contributed by atoms with van der Waals surface area (Å²) < 4.78 is 11.9. The Morgan fingerprint density at radius 1 is 0.966 bits per heavy atom. The number of methoxy groups -OCH3 is 2. The first kappa shape index (κ1) is 19.4. The number of nitrogens with one attached hydrogen (secondary N) is 1. The Balaban J connectivity index is 1.77. The molecule has 0 fully saturated rings. The number of aromatic amines is 1. The van der Waals surface area contributed by atoms with Gasteiger partial charge in [-0.15, -0.1) is 0 Å². The summed E-state index contributed by atoms with van der Waals surface area (Å²) in [6.45, 7) is 0.632. The lowest BCUT2D eigenvalue weighted by Gasteiger charge is -2.07. The average molecular weight is 407 g/mol. The molecule has 1 N–H and O–H groups in total. The second-order valence-electron chi connectivity index (χ2n) is 6.52. The van der Waals surface area contributed by atoms with Crippen molar-refractivity contribution in [3.63, 3.8) is 0 Å². The molecule has 2 aromatic carbocycles. The van der Waals surface area contributed by atoms with Crippen molar-refractivity contribution in [3.8, 4) is 11.1 Å². The molecule has 4 rings (SSSR count). The number of nitrogens with zero attached hydrogens (tertiary/aromatic N) is 2. The molecule has 0 saturated heterocycles. The Kier molecular flexibility index (Phi) is 5.80. The van der Waals surface area contributed by atoms with Gasteiger partial charge in [-0.2, -0.15) is 9.61 Å². The Hall–Kier alpha value is -2.87. The molecule has 0 aliphatic heterocycles. The zero-order chi connectivity index (χ0) is 20.2. The van der Waals surface area contributed by atoms with E-state index in [-0.39, 0.29) is 5.56 Å². The van der Waals surface area contributed by atoms with Gasteiger partial charge in [-0.05, 0) is 29.8 Å². The average Bonchev–Trinajstić information content (AvgIpc) is 3.09. The zero-order valence-electron chi connectivity index (χ0n) is 16.2. The number of hydrogen-bond donors (Lipinski definition) is 1. The minimum atomic E-state index is -0.203. The van der Waals surface area contributed by atoms with Crippen LogP contribution in [0.25, 0.3) is 16.8 Å². The standard InChI is InChI=1S/C22H21N3O3S/c1-27-13-16-12-20(26)25-22(23-16)21(19(24-25)14-28-2)15-8-10-18(11-9-15)29-17-6-4-3-5-7-17/h3-12,23H,13-14H2,1-2H3. The maximum Gasteiger partial charge on any atom is 0.274 e. The van der Waals surface area contributed by atoms with Gasteiger partial charge in [0.2, 0.25) is 0 Å². The number of ether oxygens (including phenoxy) is 2. The Bertz CT molecular complexity index is 1170. The fraction of sp³-hybridized carbons (Fsp3) is 0.182. The van der Waals surface area contributed by atoms with Crippen LogP contribution in [0.15, 0.2) is 75.2 Å². The molecule has 0 unspecified atom stereocenters. The van der Waals surface area contributed by atoms with E-state index in [1.165, 1.54) is 15.5 Å². The minimum Gasteiger partial charge on any atom is -0.378 e. The molecule has 6 nitrogen and oxygen atoms in total. The monoisotopic (exact) mass is 407 g/mol. The highest BCUT2D eigenvalue weighted by Crippen LogP contribution is 2.32. The molecule has 0 aliphatic rings. The summed E-state index contributed by atoms with van der Waals surface area (Å²) >= 11 is 1.70. The topological polar surface area (TPSA) is 68.6 Å². The van der Waals surface area contributed by atoms with Gasteiger partial charge in [0.15, 0.2) is 0 Å². The summed E-state index contributed by atoms with van der Waals surface area (Å²) in [4.78, 5) is 18.1. The van der Waals surface area contributed by atoms with E-state index in [2.05, 4.69) is 34.3 Å². The van der Waals surface area contributed by atoms with Crippen LogP contribution in [-0.2, 0) is 22.7 Å². The molecule has 29 heavy (non-hydrogen) atoms. The van der Waals surface area contributed by atoms with Crippen LogP contribution in [0.5, 0.6) is 0 Å². The lowest BCUT2D eigenvalue weighted by atomic mass is 10.1. The first-order valence-corrected chi connectivity index (χ1v) is 9.96. The second-order valence-corrected chi connectivity index (χ2v) is 7.67. The van der Waals surface area contributed by atoms with Crippen LogP contribution in [0.3, 0.4) is 0 Å². The number of fused-ring (bicyclic) bond motifs is 1. The van der Waals surface area contributed by atoms with Crippen molar-refractivity contribution in [1.29, 1.82) is 0 Å². The first-order valence-electron chi connectivity index (χ1n) is 9.14. The molecule has 0 aliphatic carbocycles. The molecule has 2 heterocycles. The van der Waals surface area contributed by atoms with Crippen molar-refractivity contribution in [2.45, 2.75) is 23.0 Å². The van der Waals surface area contributed by atoms with Crippen molar-refractivity contribution in [2.24, 2.45) is 0 Å². The number of H-pyrrole nitrogens is 1. The SMILES string of the molecule is COCc1cc(=O)n2nc(COC)c(-c3ccc(Sc4ccccc4)cc3)c2[nH]1. The van der Waals surface area contributed by atoms with Crippen LogP contribution in [0.2, 0.25) is 0 Å². The predicted molar refractivity (Wildman–Crippen MR) is 113 cm³/mol. The van der Waals surface area contributed by atoms with Gasteiger partial charge >= 0.3 is 0 Å². The number of rotatable bonds is 7. The van der Waals surface area contributed by atoms with Gasteiger partial charge in [-0.25, -0.2) is 0 Å².